The molecule has 0 N–H and O–H groups in total. The molecule has 0 saturated heterocycles. The summed E-state index contributed by atoms with van der Waals surface area (Å²) in [4.78, 5) is 17.1. The Balaban J connectivity index is 0.863. The minimum Gasteiger partial charge on any atom is -0.454 e. The van der Waals surface area contributed by atoms with Gasteiger partial charge >= 0.3 is 0 Å². The molecule has 0 bridgehead atoms. The Hall–Kier alpha value is -9.91. The van der Waals surface area contributed by atoms with Crippen molar-refractivity contribution in [2.24, 2.45) is 0 Å². The normalized spacial score (nSPS) is 14.9. The van der Waals surface area contributed by atoms with Crippen LogP contribution in [0.4, 0.5) is 11.4 Å². The first-order valence-corrected chi connectivity index (χ1v) is 25.6. The second kappa shape index (κ2) is 17.4. The second-order valence-electron chi connectivity index (χ2n) is 19.4. The quantitative estimate of drug-likeness (QED) is 0.152. The van der Waals surface area contributed by atoms with Gasteiger partial charge in [-0.1, -0.05) is 158 Å². The maximum Gasteiger partial charge on any atom is 0.159 e. The number of furan rings is 1. The van der Waals surface area contributed by atoms with E-state index in [2.05, 4.69) is 234 Å². The van der Waals surface area contributed by atoms with Crippen LogP contribution in [0.2, 0.25) is 0 Å². The fourth-order valence-electron chi connectivity index (χ4n) is 12.0. The first-order chi connectivity index (χ1) is 37.2. The number of aromatic nitrogens is 4. The van der Waals surface area contributed by atoms with Gasteiger partial charge in [0.15, 0.2) is 5.58 Å². The standard InChI is InChI=1S/C69H45N5O/c1-2-16-44(17-3-1)49-18-4-5-19-50(49)47-31-35-64-59(42-47)68-65(28-15-39-72-68)74(64)66-27-14-24-55-58-43-48(32-36-67(58)75-69(55)66)73-62-33-29-45(51-20-6-8-22-53(51)60-25-10-12-37-70-60)40-56(62)57-41-46(30-34-63(57)73)52-21-7-9-23-54(52)61-26-11-13-38-71-61/h1-43,56,62H. The number of benzene rings is 8. The van der Waals surface area contributed by atoms with Crippen LogP contribution in [0.25, 0.3) is 111 Å². The van der Waals surface area contributed by atoms with Crippen LogP contribution in [-0.4, -0.2) is 25.6 Å². The van der Waals surface area contributed by atoms with Gasteiger partial charge in [-0.2, -0.15) is 0 Å². The summed E-state index contributed by atoms with van der Waals surface area (Å²) in [5.41, 5.74) is 22.7. The van der Waals surface area contributed by atoms with Crippen molar-refractivity contribution >= 4 is 60.8 Å². The number of pyridine rings is 3. The monoisotopic (exact) mass is 959 g/mol. The van der Waals surface area contributed by atoms with Crippen molar-refractivity contribution in [1.82, 2.24) is 19.5 Å². The van der Waals surface area contributed by atoms with Gasteiger partial charge in [0.2, 0.25) is 0 Å². The molecule has 5 aromatic heterocycles. The van der Waals surface area contributed by atoms with Crippen LogP contribution in [0.5, 0.6) is 0 Å². The molecule has 15 rings (SSSR count). The van der Waals surface area contributed by atoms with Crippen molar-refractivity contribution in [2.75, 3.05) is 4.90 Å². The maximum absolute atomic E-state index is 6.99. The van der Waals surface area contributed by atoms with E-state index < -0.39 is 0 Å². The molecule has 0 fully saturated rings. The molecule has 6 nitrogen and oxygen atoms in total. The lowest BCUT2D eigenvalue weighted by Crippen LogP contribution is -2.28. The maximum atomic E-state index is 6.99. The van der Waals surface area contributed by atoms with E-state index in [1.54, 1.807) is 0 Å². The van der Waals surface area contributed by atoms with Gasteiger partial charge in [-0.3, -0.25) is 15.0 Å². The van der Waals surface area contributed by atoms with E-state index in [0.29, 0.717) is 0 Å². The number of hydrogen-bond donors (Lipinski definition) is 0. The smallest absolute Gasteiger partial charge is 0.159 e. The van der Waals surface area contributed by atoms with Crippen molar-refractivity contribution in [3.63, 3.8) is 0 Å². The van der Waals surface area contributed by atoms with Gasteiger partial charge in [-0.25, -0.2) is 0 Å². The third-order valence-electron chi connectivity index (χ3n) is 15.3. The molecule has 0 amide bonds. The van der Waals surface area contributed by atoms with Crippen LogP contribution in [0.3, 0.4) is 0 Å². The predicted molar refractivity (Wildman–Crippen MR) is 307 cm³/mol. The minimum atomic E-state index is 0.0212. The molecule has 1 aliphatic carbocycles. The molecule has 6 heterocycles. The van der Waals surface area contributed by atoms with E-state index in [1.165, 1.54) is 33.5 Å². The lowest BCUT2D eigenvalue weighted by molar-refractivity contribution is 0.666. The van der Waals surface area contributed by atoms with E-state index >= 15 is 0 Å². The highest BCUT2D eigenvalue weighted by molar-refractivity contribution is 6.13. The Kier molecular flexibility index (Phi) is 9.91. The van der Waals surface area contributed by atoms with E-state index in [0.717, 1.165) is 100 Å². The van der Waals surface area contributed by atoms with Crippen molar-refractivity contribution in [3.05, 3.63) is 272 Å². The highest BCUT2D eigenvalue weighted by Crippen LogP contribution is 2.52. The number of rotatable bonds is 8. The molecule has 0 spiro atoms. The third kappa shape index (κ3) is 6.98. The number of allylic oxidation sites excluding steroid dienone is 2. The van der Waals surface area contributed by atoms with E-state index in [9.17, 15) is 0 Å². The fourth-order valence-corrected chi connectivity index (χ4v) is 12.0. The molecule has 2 unspecified atom stereocenters. The Morgan fingerprint density at radius 1 is 0.413 bits per heavy atom. The van der Waals surface area contributed by atoms with Crippen LogP contribution in [0, 0.1) is 0 Å². The molecule has 8 aromatic carbocycles. The van der Waals surface area contributed by atoms with Crippen molar-refractivity contribution in [1.29, 1.82) is 0 Å². The molecule has 0 radical (unpaired) electrons. The van der Waals surface area contributed by atoms with Crippen LogP contribution in [-0.2, 0) is 0 Å². The van der Waals surface area contributed by atoms with Crippen molar-refractivity contribution in [3.8, 4) is 61.6 Å². The summed E-state index contributed by atoms with van der Waals surface area (Å²) in [6.07, 6.45) is 12.8. The van der Waals surface area contributed by atoms with Gasteiger partial charge in [0.05, 0.1) is 39.7 Å². The number of anilines is 2. The van der Waals surface area contributed by atoms with Gasteiger partial charge in [0, 0.05) is 63.2 Å². The molecule has 352 valence electrons. The lowest BCUT2D eigenvalue weighted by atomic mass is 9.84. The van der Waals surface area contributed by atoms with Gasteiger partial charge in [0.25, 0.3) is 0 Å². The SMILES string of the molecule is C1=CC2C(C=C1c1ccccc1-c1ccccn1)c1cc(-c3ccccc3-c3ccccn3)ccc1N2c1ccc2oc3c(-n4c5ccc(-c6ccccc6-c6ccccc6)cc5c5ncccc54)cccc3c2c1. The third-order valence-corrected chi connectivity index (χ3v) is 15.3. The van der Waals surface area contributed by atoms with Crippen LogP contribution in [0.15, 0.2) is 266 Å². The van der Waals surface area contributed by atoms with Crippen LogP contribution >= 0.6 is 0 Å². The average Bonchev–Trinajstić information content (AvgIpc) is 4.15. The van der Waals surface area contributed by atoms with Crippen LogP contribution < -0.4 is 4.90 Å². The zero-order chi connectivity index (χ0) is 49.4. The molecule has 6 heteroatoms. The largest absolute Gasteiger partial charge is 0.454 e. The van der Waals surface area contributed by atoms with Crippen molar-refractivity contribution < 1.29 is 4.42 Å². The first kappa shape index (κ1) is 42.7. The van der Waals surface area contributed by atoms with Gasteiger partial charge in [0.1, 0.15) is 5.58 Å². The summed E-state index contributed by atoms with van der Waals surface area (Å²) in [5, 5.41) is 3.21. The molecule has 75 heavy (non-hydrogen) atoms. The summed E-state index contributed by atoms with van der Waals surface area (Å²) in [7, 11) is 0. The summed E-state index contributed by atoms with van der Waals surface area (Å²) < 4.78 is 9.31. The lowest BCUT2D eigenvalue weighted by Gasteiger charge is -2.30. The van der Waals surface area contributed by atoms with Gasteiger partial charge in [-0.15, -0.1) is 0 Å². The molecule has 1 aliphatic heterocycles. The summed E-state index contributed by atoms with van der Waals surface area (Å²) in [6, 6.07) is 80.0. The Labute approximate surface area is 433 Å². The highest BCUT2D eigenvalue weighted by atomic mass is 16.3. The topological polar surface area (TPSA) is 60.0 Å². The van der Waals surface area contributed by atoms with Crippen LogP contribution in [0.1, 0.15) is 17.0 Å². The first-order valence-electron chi connectivity index (χ1n) is 25.6. The van der Waals surface area contributed by atoms with E-state index in [-0.39, 0.29) is 12.0 Å². The zero-order valence-electron chi connectivity index (χ0n) is 40.6. The Bertz CT molecular complexity index is 4440. The van der Waals surface area contributed by atoms with E-state index in [1.807, 2.05) is 36.8 Å². The molecular weight excluding hydrogens is 915 g/mol. The molecular formula is C69H45N5O. The number of hydrogen-bond acceptors (Lipinski definition) is 5. The highest BCUT2D eigenvalue weighted by Gasteiger charge is 2.39. The van der Waals surface area contributed by atoms with Gasteiger partial charge < -0.3 is 13.9 Å². The summed E-state index contributed by atoms with van der Waals surface area (Å²) >= 11 is 0. The summed E-state index contributed by atoms with van der Waals surface area (Å²) in [5.74, 6) is 0.0541. The second-order valence-corrected chi connectivity index (χ2v) is 19.4. The molecule has 2 atom stereocenters. The minimum absolute atomic E-state index is 0.0212. The molecule has 13 aromatic rings. The average molecular weight is 960 g/mol. The fraction of sp³-hybridized carbons (Fsp3) is 0.0290. The number of fused-ring (bicyclic) bond motifs is 9. The Morgan fingerprint density at radius 3 is 1.83 bits per heavy atom. The van der Waals surface area contributed by atoms with Gasteiger partial charge in [-0.05, 0) is 135 Å². The molecule has 0 saturated carbocycles. The predicted octanol–water partition coefficient (Wildman–Crippen LogP) is 17.5. The summed E-state index contributed by atoms with van der Waals surface area (Å²) in [6.45, 7) is 0. The number of para-hydroxylation sites is 1. The molecule has 2 aliphatic rings. The Morgan fingerprint density at radius 2 is 1.07 bits per heavy atom. The van der Waals surface area contributed by atoms with Crippen molar-refractivity contribution in [2.45, 2.75) is 12.0 Å². The number of nitrogens with zero attached hydrogens (tertiary/aromatic N) is 5. The van der Waals surface area contributed by atoms with E-state index in [4.69, 9.17) is 19.4 Å². The zero-order valence-corrected chi connectivity index (χ0v) is 40.6.